The van der Waals surface area contributed by atoms with E-state index in [0.29, 0.717) is 5.46 Å². The van der Waals surface area contributed by atoms with Crippen molar-refractivity contribution in [3.8, 4) is 11.1 Å². The molecule has 4 heteroatoms. The van der Waals surface area contributed by atoms with E-state index in [0.717, 1.165) is 5.02 Å². The molecule has 0 amide bonds. The summed E-state index contributed by atoms with van der Waals surface area (Å²) < 4.78 is 0. The molecule has 0 fully saturated rings. The van der Waals surface area contributed by atoms with Crippen molar-refractivity contribution in [2.24, 2.45) is 0 Å². The Labute approximate surface area is 184 Å². The fourth-order valence-electron chi connectivity index (χ4n) is 2.54. The number of aryl methyl sites for hydroxylation is 2. The van der Waals surface area contributed by atoms with Crippen LogP contribution in [-0.4, -0.2) is 17.2 Å². The van der Waals surface area contributed by atoms with Crippen LogP contribution in [0.5, 0.6) is 0 Å². The van der Waals surface area contributed by atoms with E-state index in [1.807, 2.05) is 43.3 Å². The van der Waals surface area contributed by atoms with Crippen LogP contribution >= 0.6 is 11.6 Å². The normalized spacial score (nSPS) is 9.50. The second-order valence-corrected chi connectivity index (χ2v) is 7.25. The lowest BCUT2D eigenvalue weighted by Crippen LogP contribution is -2.29. The van der Waals surface area contributed by atoms with Crippen LogP contribution in [0.1, 0.15) is 11.1 Å². The van der Waals surface area contributed by atoms with Gasteiger partial charge in [0.05, 0.1) is 0 Å². The monoisotopic (exact) mass is 416 g/mol. The number of rotatable bonds is 2. The third-order valence-corrected chi connectivity index (χ3v) is 4.52. The van der Waals surface area contributed by atoms with E-state index >= 15 is 0 Å². The smallest absolute Gasteiger partial charge is 0.423 e. The Morgan fingerprint density at radius 2 is 0.933 bits per heavy atom. The first-order valence-corrected chi connectivity index (χ1v) is 10.1. The SMILES string of the molecule is Cc1ccc(-c2ccccc2)cc1.Cc1ccc(Cl)cc1.OB(O)c1ccccc1. The lowest BCUT2D eigenvalue weighted by Gasteiger charge is -2.00. The summed E-state index contributed by atoms with van der Waals surface area (Å²) in [4.78, 5) is 0. The predicted molar refractivity (Wildman–Crippen MR) is 129 cm³/mol. The minimum atomic E-state index is -1.34. The average molecular weight is 417 g/mol. The van der Waals surface area contributed by atoms with Gasteiger partial charge in [-0.25, -0.2) is 0 Å². The molecule has 0 atom stereocenters. The van der Waals surface area contributed by atoms with Gasteiger partial charge in [0.1, 0.15) is 0 Å². The largest absolute Gasteiger partial charge is 0.488 e. The molecule has 0 heterocycles. The molecule has 30 heavy (non-hydrogen) atoms. The highest BCUT2D eigenvalue weighted by molar-refractivity contribution is 6.58. The van der Waals surface area contributed by atoms with Crippen molar-refractivity contribution >= 4 is 24.2 Å². The molecule has 2 nitrogen and oxygen atoms in total. The van der Waals surface area contributed by atoms with Crippen molar-refractivity contribution in [2.75, 3.05) is 0 Å². The summed E-state index contributed by atoms with van der Waals surface area (Å²) in [5.74, 6) is 0. The van der Waals surface area contributed by atoms with Crippen molar-refractivity contribution in [3.63, 3.8) is 0 Å². The van der Waals surface area contributed by atoms with Crippen molar-refractivity contribution in [1.82, 2.24) is 0 Å². The Morgan fingerprint density at radius 3 is 1.33 bits per heavy atom. The number of halogens is 1. The lowest BCUT2D eigenvalue weighted by molar-refractivity contribution is 0.426. The molecule has 0 radical (unpaired) electrons. The van der Waals surface area contributed by atoms with E-state index in [4.69, 9.17) is 21.6 Å². The molecule has 0 aliphatic rings. The third kappa shape index (κ3) is 8.67. The molecule has 152 valence electrons. The van der Waals surface area contributed by atoms with Gasteiger partial charge >= 0.3 is 7.12 Å². The summed E-state index contributed by atoms with van der Waals surface area (Å²) >= 11 is 5.61. The zero-order valence-corrected chi connectivity index (χ0v) is 18.0. The zero-order chi connectivity index (χ0) is 21.8. The molecule has 0 unspecified atom stereocenters. The predicted octanol–water partition coefficient (Wildman–Crippen LogP) is 5.68. The minimum Gasteiger partial charge on any atom is -0.423 e. The minimum absolute atomic E-state index is 0.525. The molecule has 2 N–H and O–H groups in total. The highest BCUT2D eigenvalue weighted by atomic mass is 35.5. The fraction of sp³-hybridized carbons (Fsp3) is 0.0769. The molecule has 0 aromatic heterocycles. The maximum absolute atomic E-state index is 8.58. The average Bonchev–Trinajstić information content (AvgIpc) is 2.78. The van der Waals surface area contributed by atoms with Gasteiger partial charge in [0, 0.05) is 5.02 Å². The fourth-order valence-corrected chi connectivity index (χ4v) is 2.66. The zero-order valence-electron chi connectivity index (χ0n) is 17.2. The van der Waals surface area contributed by atoms with E-state index in [2.05, 4.69) is 55.5 Å². The van der Waals surface area contributed by atoms with Gasteiger partial charge in [-0.2, -0.15) is 0 Å². The Bertz CT molecular complexity index is 950. The molecule has 0 saturated heterocycles. The summed E-state index contributed by atoms with van der Waals surface area (Å²) in [6.07, 6.45) is 0. The van der Waals surface area contributed by atoms with E-state index in [-0.39, 0.29) is 0 Å². The first-order chi connectivity index (χ1) is 14.5. The first-order valence-electron chi connectivity index (χ1n) is 9.71. The molecule has 0 bridgehead atoms. The highest BCUT2D eigenvalue weighted by Crippen LogP contribution is 2.18. The van der Waals surface area contributed by atoms with Crippen LogP contribution in [-0.2, 0) is 0 Å². The molecule has 0 aliphatic heterocycles. The third-order valence-electron chi connectivity index (χ3n) is 4.27. The quantitative estimate of drug-likeness (QED) is 0.413. The maximum atomic E-state index is 8.58. The van der Waals surface area contributed by atoms with Gasteiger partial charge in [0.2, 0.25) is 0 Å². The standard InChI is InChI=1S/C13H12.C7H7Cl.C6H7BO2/c1-11-7-9-13(10-8-11)12-5-3-2-4-6-12;1-6-2-4-7(8)5-3-6;8-7(9)6-4-2-1-3-5-6/h2-10H,1H3;2-5H,1H3;1-5,8-9H. The summed E-state index contributed by atoms with van der Waals surface area (Å²) in [5, 5.41) is 18.0. The van der Waals surface area contributed by atoms with Gasteiger partial charge in [-0.1, -0.05) is 120 Å². The molecule has 4 aromatic rings. The Kier molecular flexibility index (Phi) is 9.89. The summed E-state index contributed by atoms with van der Waals surface area (Å²) in [7, 11) is -1.34. The molecular formula is C26H26BClO2. The number of hydrogen-bond acceptors (Lipinski definition) is 2. The molecule has 0 spiro atoms. The molecule has 4 aromatic carbocycles. The second kappa shape index (κ2) is 12.7. The van der Waals surface area contributed by atoms with Crippen LogP contribution in [0.25, 0.3) is 11.1 Å². The Balaban J connectivity index is 0.000000167. The van der Waals surface area contributed by atoms with Crippen molar-refractivity contribution in [2.45, 2.75) is 13.8 Å². The van der Waals surface area contributed by atoms with Crippen LogP contribution in [0.2, 0.25) is 5.02 Å². The van der Waals surface area contributed by atoms with E-state index in [1.54, 1.807) is 24.3 Å². The van der Waals surface area contributed by atoms with Crippen molar-refractivity contribution in [1.29, 1.82) is 0 Å². The van der Waals surface area contributed by atoms with E-state index < -0.39 is 7.12 Å². The van der Waals surface area contributed by atoms with Crippen LogP contribution in [0.3, 0.4) is 0 Å². The molecule has 0 saturated carbocycles. The summed E-state index contributed by atoms with van der Waals surface area (Å²) in [6.45, 7) is 4.14. The highest BCUT2D eigenvalue weighted by Gasteiger charge is 2.07. The molecule has 0 aliphatic carbocycles. The van der Waals surface area contributed by atoms with E-state index in [9.17, 15) is 0 Å². The Morgan fingerprint density at radius 1 is 0.533 bits per heavy atom. The number of benzene rings is 4. The summed E-state index contributed by atoms with van der Waals surface area (Å²) in [5.41, 5.74) is 5.64. The second-order valence-electron chi connectivity index (χ2n) is 6.81. The van der Waals surface area contributed by atoms with Gasteiger partial charge in [-0.15, -0.1) is 0 Å². The van der Waals surface area contributed by atoms with Crippen LogP contribution in [0, 0.1) is 13.8 Å². The van der Waals surface area contributed by atoms with Crippen LogP contribution in [0.4, 0.5) is 0 Å². The Hall–Kier alpha value is -2.85. The number of hydrogen-bond donors (Lipinski definition) is 2. The van der Waals surface area contributed by atoms with Gasteiger partial charge in [-0.05, 0) is 42.6 Å². The summed E-state index contributed by atoms with van der Waals surface area (Å²) in [6, 6.07) is 35.4. The molecular weight excluding hydrogens is 391 g/mol. The van der Waals surface area contributed by atoms with Gasteiger partial charge in [0.25, 0.3) is 0 Å². The van der Waals surface area contributed by atoms with Gasteiger partial charge < -0.3 is 10.0 Å². The molecule has 4 rings (SSSR count). The van der Waals surface area contributed by atoms with E-state index in [1.165, 1.54) is 22.3 Å². The van der Waals surface area contributed by atoms with Crippen molar-refractivity contribution < 1.29 is 10.0 Å². The maximum Gasteiger partial charge on any atom is 0.488 e. The lowest BCUT2D eigenvalue weighted by atomic mass is 9.81. The van der Waals surface area contributed by atoms with Gasteiger partial charge in [-0.3, -0.25) is 0 Å². The topological polar surface area (TPSA) is 40.5 Å². The van der Waals surface area contributed by atoms with Gasteiger partial charge in [0.15, 0.2) is 0 Å². The van der Waals surface area contributed by atoms with Crippen molar-refractivity contribution in [3.05, 3.63) is 125 Å². The van der Waals surface area contributed by atoms with Crippen LogP contribution < -0.4 is 5.46 Å². The van der Waals surface area contributed by atoms with Crippen LogP contribution in [0.15, 0.2) is 109 Å². The first kappa shape index (κ1) is 23.4.